The summed E-state index contributed by atoms with van der Waals surface area (Å²) in [4.78, 5) is 12.2. The summed E-state index contributed by atoms with van der Waals surface area (Å²) in [5, 5.41) is 11.4. The second-order valence-corrected chi connectivity index (χ2v) is 7.10. The van der Waals surface area contributed by atoms with Crippen LogP contribution in [0.4, 0.5) is 0 Å². The first kappa shape index (κ1) is 18.2. The van der Waals surface area contributed by atoms with Gasteiger partial charge in [-0.25, -0.2) is 0 Å². The van der Waals surface area contributed by atoms with E-state index >= 15 is 0 Å². The molecule has 2 aromatic rings. The van der Waals surface area contributed by atoms with Crippen LogP contribution in [0.3, 0.4) is 0 Å². The number of hydrogen-bond donors (Lipinski definition) is 1. The molecule has 0 radical (unpaired) electrons. The fourth-order valence-corrected chi connectivity index (χ4v) is 3.62. The molecule has 5 nitrogen and oxygen atoms in total. The molecule has 1 saturated heterocycles. The number of rotatable bonds is 6. The van der Waals surface area contributed by atoms with Gasteiger partial charge in [-0.3, -0.25) is 4.79 Å². The molecule has 1 N–H and O–H groups in total. The van der Waals surface area contributed by atoms with E-state index in [1.54, 1.807) is 6.21 Å². The predicted molar refractivity (Wildman–Crippen MR) is 107 cm³/mol. The smallest absolute Gasteiger partial charge is 0.239 e. The molecular formula is C20H21N3O2S. The lowest BCUT2D eigenvalue weighted by atomic mass is 10.1. The van der Waals surface area contributed by atoms with Gasteiger partial charge in [0.1, 0.15) is 5.75 Å². The van der Waals surface area contributed by atoms with Gasteiger partial charge < -0.3 is 10.1 Å². The molecule has 2 aromatic carbocycles. The number of thioether (sulfide) groups is 1. The third-order valence-electron chi connectivity index (χ3n) is 3.84. The Morgan fingerprint density at radius 1 is 1.23 bits per heavy atom. The summed E-state index contributed by atoms with van der Waals surface area (Å²) in [5.74, 6) is 0.736. The highest BCUT2D eigenvalue weighted by Crippen LogP contribution is 2.24. The lowest BCUT2D eigenvalue weighted by Gasteiger charge is -2.05. The zero-order valence-corrected chi connectivity index (χ0v) is 15.6. The first-order valence-electron chi connectivity index (χ1n) is 8.51. The Labute approximate surface area is 157 Å². The molecule has 0 aromatic heterocycles. The molecule has 1 atom stereocenters. The summed E-state index contributed by atoms with van der Waals surface area (Å²) in [6.07, 6.45) is 2.31. The second-order valence-electron chi connectivity index (χ2n) is 5.91. The summed E-state index contributed by atoms with van der Waals surface area (Å²) in [6.45, 7) is 4.58. The van der Waals surface area contributed by atoms with Gasteiger partial charge in [-0.15, -0.1) is 5.10 Å². The quantitative estimate of drug-likeness (QED) is 0.627. The van der Waals surface area contributed by atoms with E-state index in [1.807, 2.05) is 56.3 Å². The summed E-state index contributed by atoms with van der Waals surface area (Å²) in [6, 6.07) is 15.8. The van der Waals surface area contributed by atoms with E-state index in [0.29, 0.717) is 18.2 Å². The first-order valence-corrected chi connectivity index (χ1v) is 9.39. The average Bonchev–Trinajstić information content (AvgIpc) is 2.96. The van der Waals surface area contributed by atoms with Crippen molar-refractivity contribution < 1.29 is 9.53 Å². The largest absolute Gasteiger partial charge is 0.493 e. The lowest BCUT2D eigenvalue weighted by Crippen LogP contribution is -2.25. The fourth-order valence-electron chi connectivity index (χ4n) is 2.66. The van der Waals surface area contributed by atoms with Crippen molar-refractivity contribution in [1.29, 1.82) is 0 Å². The Morgan fingerprint density at radius 3 is 2.88 bits per heavy atom. The maximum absolute atomic E-state index is 12.2. The number of carbonyl (C=O) groups is 1. The lowest BCUT2D eigenvalue weighted by molar-refractivity contribution is -0.118. The molecule has 0 bridgehead atoms. The van der Waals surface area contributed by atoms with Crippen LogP contribution in [0.5, 0.6) is 5.75 Å². The van der Waals surface area contributed by atoms with Crippen LogP contribution < -0.4 is 10.1 Å². The Balaban J connectivity index is 1.65. The maximum atomic E-state index is 12.2. The zero-order valence-electron chi connectivity index (χ0n) is 14.8. The SMILES string of the molecule is CCOc1ccccc1/C=N/N=C1\NC(=O)C(Cc2cccc(C)c2)S1. The molecule has 26 heavy (non-hydrogen) atoms. The predicted octanol–water partition coefficient (Wildman–Crippen LogP) is 3.56. The van der Waals surface area contributed by atoms with Crippen molar-refractivity contribution in [3.05, 3.63) is 65.2 Å². The molecule has 134 valence electrons. The number of nitrogens with zero attached hydrogens (tertiary/aromatic N) is 2. The minimum atomic E-state index is -0.179. The first-order chi connectivity index (χ1) is 12.7. The zero-order chi connectivity index (χ0) is 18.4. The Morgan fingerprint density at radius 2 is 2.08 bits per heavy atom. The van der Waals surface area contributed by atoms with Crippen LogP contribution in [0.25, 0.3) is 0 Å². The van der Waals surface area contributed by atoms with E-state index in [9.17, 15) is 4.79 Å². The van der Waals surface area contributed by atoms with Gasteiger partial charge in [-0.2, -0.15) is 5.10 Å². The minimum Gasteiger partial charge on any atom is -0.493 e. The van der Waals surface area contributed by atoms with Crippen LogP contribution in [0.2, 0.25) is 0 Å². The van der Waals surface area contributed by atoms with Gasteiger partial charge in [-0.1, -0.05) is 53.7 Å². The van der Waals surface area contributed by atoms with Gasteiger partial charge in [0.05, 0.1) is 18.1 Å². The Bertz CT molecular complexity index is 848. The van der Waals surface area contributed by atoms with Crippen LogP contribution in [-0.2, 0) is 11.2 Å². The molecule has 6 heteroatoms. The van der Waals surface area contributed by atoms with Crippen molar-refractivity contribution in [2.24, 2.45) is 10.2 Å². The molecular weight excluding hydrogens is 346 g/mol. The molecule has 1 aliphatic rings. The molecule has 1 aliphatic heterocycles. The third kappa shape index (κ3) is 4.73. The Hall–Kier alpha value is -2.60. The Kier molecular flexibility index (Phi) is 6.07. The molecule has 1 amide bonds. The van der Waals surface area contributed by atoms with Crippen LogP contribution in [0.15, 0.2) is 58.7 Å². The molecule has 0 aliphatic carbocycles. The number of amides is 1. The van der Waals surface area contributed by atoms with Gasteiger partial charge in [0.25, 0.3) is 0 Å². The van der Waals surface area contributed by atoms with Crippen molar-refractivity contribution in [1.82, 2.24) is 5.32 Å². The van der Waals surface area contributed by atoms with Crippen molar-refractivity contribution >= 4 is 29.1 Å². The monoisotopic (exact) mass is 367 g/mol. The van der Waals surface area contributed by atoms with Gasteiger partial charge in [0.15, 0.2) is 5.17 Å². The van der Waals surface area contributed by atoms with Crippen LogP contribution in [0, 0.1) is 6.92 Å². The minimum absolute atomic E-state index is 0.0276. The van der Waals surface area contributed by atoms with E-state index in [-0.39, 0.29) is 11.2 Å². The number of amidine groups is 1. The van der Waals surface area contributed by atoms with Crippen molar-refractivity contribution in [2.45, 2.75) is 25.5 Å². The third-order valence-corrected chi connectivity index (χ3v) is 4.92. The van der Waals surface area contributed by atoms with E-state index in [1.165, 1.54) is 17.3 Å². The molecule has 1 fully saturated rings. The average molecular weight is 367 g/mol. The van der Waals surface area contributed by atoms with Gasteiger partial charge in [-0.05, 0) is 38.0 Å². The highest BCUT2D eigenvalue weighted by molar-refractivity contribution is 8.15. The molecule has 0 saturated carbocycles. The van der Waals surface area contributed by atoms with Gasteiger partial charge >= 0.3 is 0 Å². The topological polar surface area (TPSA) is 63.1 Å². The molecule has 0 spiro atoms. The van der Waals surface area contributed by atoms with Crippen LogP contribution in [-0.4, -0.2) is 29.1 Å². The maximum Gasteiger partial charge on any atom is 0.239 e. The molecule has 3 rings (SSSR count). The van der Waals surface area contributed by atoms with Crippen molar-refractivity contribution in [2.75, 3.05) is 6.61 Å². The number of nitrogens with one attached hydrogen (secondary N) is 1. The number of carbonyl (C=O) groups excluding carboxylic acids is 1. The van der Waals surface area contributed by atoms with Gasteiger partial charge in [0, 0.05) is 5.56 Å². The fraction of sp³-hybridized carbons (Fsp3) is 0.250. The van der Waals surface area contributed by atoms with Crippen molar-refractivity contribution in [3.63, 3.8) is 0 Å². The normalized spacial score (nSPS) is 18.5. The van der Waals surface area contributed by atoms with E-state index in [2.05, 4.69) is 21.6 Å². The second kappa shape index (κ2) is 8.67. The van der Waals surface area contributed by atoms with E-state index in [0.717, 1.165) is 16.9 Å². The number of para-hydroxylation sites is 1. The van der Waals surface area contributed by atoms with Crippen LogP contribution >= 0.6 is 11.8 Å². The summed E-state index contributed by atoms with van der Waals surface area (Å²) in [7, 11) is 0. The summed E-state index contributed by atoms with van der Waals surface area (Å²) in [5.41, 5.74) is 3.19. The summed E-state index contributed by atoms with van der Waals surface area (Å²) < 4.78 is 5.55. The highest BCUT2D eigenvalue weighted by atomic mass is 32.2. The standard InChI is InChI=1S/C20H21N3O2S/c1-3-25-17-10-5-4-9-16(17)13-21-23-20-22-19(24)18(26-20)12-15-8-6-7-14(2)11-15/h4-11,13,18H,3,12H2,1-2H3,(H,22,23,24)/b21-13+. The highest BCUT2D eigenvalue weighted by Gasteiger charge is 2.30. The number of aryl methyl sites for hydroxylation is 1. The molecule has 1 heterocycles. The van der Waals surface area contributed by atoms with Crippen LogP contribution in [0.1, 0.15) is 23.6 Å². The van der Waals surface area contributed by atoms with Crippen molar-refractivity contribution in [3.8, 4) is 5.75 Å². The molecule has 1 unspecified atom stereocenters. The number of ether oxygens (including phenoxy) is 1. The van der Waals surface area contributed by atoms with E-state index in [4.69, 9.17) is 4.74 Å². The number of hydrogen-bond acceptors (Lipinski definition) is 5. The number of benzene rings is 2. The summed E-state index contributed by atoms with van der Waals surface area (Å²) >= 11 is 1.41. The van der Waals surface area contributed by atoms with E-state index < -0.39 is 0 Å². The van der Waals surface area contributed by atoms with Gasteiger partial charge in [0.2, 0.25) is 5.91 Å².